The number of ketones is 1. The van der Waals surface area contributed by atoms with Gasteiger partial charge in [-0.2, -0.15) is 18.4 Å². The van der Waals surface area contributed by atoms with Crippen molar-refractivity contribution in [3.8, 4) is 11.8 Å². The second kappa shape index (κ2) is 7.00. The molecular weight excluding hydrogens is 373 g/mol. The van der Waals surface area contributed by atoms with Gasteiger partial charge >= 0.3 is 6.18 Å². The van der Waals surface area contributed by atoms with Gasteiger partial charge in [0.05, 0.1) is 24.4 Å². The summed E-state index contributed by atoms with van der Waals surface area (Å²) in [6, 6.07) is 7.19. The van der Waals surface area contributed by atoms with E-state index in [2.05, 4.69) is 4.98 Å². The van der Waals surface area contributed by atoms with Crippen molar-refractivity contribution < 1.29 is 27.1 Å². The van der Waals surface area contributed by atoms with Gasteiger partial charge in [0.2, 0.25) is 5.78 Å². The molecule has 3 rings (SSSR count). The number of hydrogen-bond acceptors (Lipinski definition) is 5. The van der Waals surface area contributed by atoms with E-state index in [0.717, 1.165) is 17.7 Å². The Balaban J connectivity index is 2.05. The molecule has 0 aliphatic heterocycles. The fourth-order valence-electron chi connectivity index (χ4n) is 2.95. The standard InChI is InChI=1S/C20H15F3N2O3/c1-10-6-13-11(2)18(28-19(13)16(7-10)27-3)17(26)14(8-24)15-5-4-12(9-25-15)20(21,22)23/h4-7,9,14H,1-3H3. The number of Topliss-reactive ketones (excluding diaryl/α,β-unsaturated/α-hetero) is 1. The summed E-state index contributed by atoms with van der Waals surface area (Å²) in [7, 11) is 1.47. The molecule has 0 fully saturated rings. The molecule has 0 bridgehead atoms. The number of hydrogen-bond donors (Lipinski definition) is 0. The van der Waals surface area contributed by atoms with Crippen LogP contribution in [0.15, 0.2) is 34.9 Å². The van der Waals surface area contributed by atoms with E-state index in [1.807, 2.05) is 13.0 Å². The molecule has 0 spiro atoms. The van der Waals surface area contributed by atoms with Crippen LogP contribution >= 0.6 is 0 Å². The largest absolute Gasteiger partial charge is 0.493 e. The van der Waals surface area contributed by atoms with Gasteiger partial charge in [-0.05, 0) is 43.7 Å². The number of furan rings is 1. The van der Waals surface area contributed by atoms with E-state index in [1.54, 1.807) is 19.1 Å². The Labute approximate surface area is 158 Å². The molecule has 0 aliphatic rings. The van der Waals surface area contributed by atoms with Crippen LogP contribution in [0, 0.1) is 25.2 Å². The van der Waals surface area contributed by atoms with Crippen LogP contribution in [-0.2, 0) is 6.18 Å². The van der Waals surface area contributed by atoms with Crippen molar-refractivity contribution in [1.29, 1.82) is 5.26 Å². The first kappa shape index (κ1) is 19.4. The summed E-state index contributed by atoms with van der Waals surface area (Å²) in [6.45, 7) is 3.53. The number of nitriles is 1. The average molecular weight is 388 g/mol. The van der Waals surface area contributed by atoms with Crippen LogP contribution in [0.4, 0.5) is 13.2 Å². The number of pyridine rings is 1. The lowest BCUT2D eigenvalue weighted by molar-refractivity contribution is -0.137. The number of fused-ring (bicyclic) bond motifs is 1. The van der Waals surface area contributed by atoms with Gasteiger partial charge in [0.25, 0.3) is 0 Å². The zero-order valence-corrected chi connectivity index (χ0v) is 15.2. The van der Waals surface area contributed by atoms with Crippen LogP contribution in [0.2, 0.25) is 0 Å². The number of ether oxygens (including phenoxy) is 1. The number of alkyl halides is 3. The SMILES string of the molecule is COc1cc(C)cc2c(C)c(C(=O)C(C#N)c3ccc(C(F)(F)F)cn3)oc12. The molecule has 0 saturated heterocycles. The van der Waals surface area contributed by atoms with Gasteiger partial charge in [0.15, 0.2) is 23.0 Å². The summed E-state index contributed by atoms with van der Waals surface area (Å²) < 4.78 is 49.1. The molecule has 144 valence electrons. The predicted molar refractivity (Wildman–Crippen MR) is 94.2 cm³/mol. The van der Waals surface area contributed by atoms with E-state index in [1.165, 1.54) is 7.11 Å². The predicted octanol–water partition coefficient (Wildman–Crippen LogP) is 4.96. The van der Waals surface area contributed by atoms with E-state index in [-0.39, 0.29) is 11.5 Å². The van der Waals surface area contributed by atoms with Crippen LogP contribution in [-0.4, -0.2) is 17.9 Å². The van der Waals surface area contributed by atoms with Crippen molar-refractivity contribution >= 4 is 16.8 Å². The molecule has 0 aliphatic carbocycles. The summed E-state index contributed by atoms with van der Waals surface area (Å²) in [5.74, 6) is -1.68. The van der Waals surface area contributed by atoms with Crippen molar-refractivity contribution in [1.82, 2.24) is 4.98 Å². The van der Waals surface area contributed by atoms with Crippen molar-refractivity contribution in [2.24, 2.45) is 0 Å². The Morgan fingerprint density at radius 2 is 2.00 bits per heavy atom. The number of aromatic nitrogens is 1. The minimum absolute atomic E-state index is 0.0489. The highest BCUT2D eigenvalue weighted by atomic mass is 19.4. The number of carbonyl (C=O) groups excluding carboxylic acids is 1. The normalized spacial score (nSPS) is 12.6. The molecule has 1 aromatic carbocycles. The first-order valence-corrected chi connectivity index (χ1v) is 8.22. The molecule has 0 N–H and O–H groups in total. The Kier molecular flexibility index (Phi) is 4.86. The number of nitrogens with zero attached hydrogens (tertiary/aromatic N) is 2. The Morgan fingerprint density at radius 3 is 2.54 bits per heavy atom. The zero-order valence-electron chi connectivity index (χ0n) is 15.2. The Hall–Kier alpha value is -3.34. The highest BCUT2D eigenvalue weighted by Gasteiger charge is 2.33. The van der Waals surface area contributed by atoms with E-state index in [9.17, 15) is 23.2 Å². The maximum atomic E-state index is 12.9. The quantitative estimate of drug-likeness (QED) is 0.591. The molecular formula is C20H15F3N2O3. The van der Waals surface area contributed by atoms with Gasteiger partial charge in [-0.25, -0.2) is 0 Å². The second-order valence-corrected chi connectivity index (χ2v) is 6.30. The summed E-state index contributed by atoms with van der Waals surface area (Å²) >= 11 is 0. The molecule has 5 nitrogen and oxygen atoms in total. The zero-order chi connectivity index (χ0) is 20.6. The number of benzene rings is 1. The number of halogens is 3. The summed E-state index contributed by atoms with van der Waals surface area (Å²) in [5, 5.41) is 10.1. The molecule has 28 heavy (non-hydrogen) atoms. The molecule has 1 unspecified atom stereocenters. The maximum Gasteiger partial charge on any atom is 0.417 e. The van der Waals surface area contributed by atoms with Gasteiger partial charge < -0.3 is 9.15 Å². The van der Waals surface area contributed by atoms with Crippen LogP contribution in [0.1, 0.15) is 38.9 Å². The number of carbonyl (C=O) groups is 1. The molecule has 8 heteroatoms. The monoisotopic (exact) mass is 388 g/mol. The first-order chi connectivity index (χ1) is 13.2. The fraction of sp³-hybridized carbons (Fsp3) is 0.250. The first-order valence-electron chi connectivity index (χ1n) is 8.22. The number of aryl methyl sites for hydroxylation is 2. The molecule has 1 atom stereocenters. The highest BCUT2D eigenvalue weighted by Crippen LogP contribution is 2.36. The molecule has 3 aromatic rings. The summed E-state index contributed by atoms with van der Waals surface area (Å²) in [6.07, 6.45) is -3.95. The summed E-state index contributed by atoms with van der Waals surface area (Å²) in [4.78, 5) is 16.6. The van der Waals surface area contributed by atoms with Crippen molar-refractivity contribution in [2.75, 3.05) is 7.11 Å². The van der Waals surface area contributed by atoms with Crippen LogP contribution in [0.5, 0.6) is 5.75 Å². The number of rotatable bonds is 4. The van der Waals surface area contributed by atoms with Gasteiger partial charge in [-0.3, -0.25) is 9.78 Å². The minimum atomic E-state index is -4.55. The fourth-order valence-corrected chi connectivity index (χ4v) is 2.95. The van der Waals surface area contributed by atoms with Crippen LogP contribution < -0.4 is 4.74 Å². The molecule has 0 saturated carbocycles. The van der Waals surface area contributed by atoms with Gasteiger partial charge in [0, 0.05) is 17.1 Å². The van der Waals surface area contributed by atoms with E-state index < -0.39 is 23.4 Å². The third-order valence-electron chi connectivity index (χ3n) is 4.39. The summed E-state index contributed by atoms with van der Waals surface area (Å²) in [5.41, 5.74) is 0.748. The smallest absolute Gasteiger partial charge is 0.417 e. The van der Waals surface area contributed by atoms with Gasteiger partial charge in [-0.1, -0.05) is 0 Å². The molecule has 2 aromatic heterocycles. The van der Waals surface area contributed by atoms with Crippen molar-refractivity contribution in [2.45, 2.75) is 25.9 Å². The van der Waals surface area contributed by atoms with Gasteiger partial charge in [-0.15, -0.1) is 0 Å². The molecule has 0 radical (unpaired) electrons. The second-order valence-electron chi connectivity index (χ2n) is 6.30. The number of methoxy groups -OCH3 is 1. The highest BCUT2D eigenvalue weighted by molar-refractivity contribution is 6.05. The van der Waals surface area contributed by atoms with Gasteiger partial charge in [0.1, 0.15) is 0 Å². The molecule has 0 amide bonds. The molecule has 2 heterocycles. The Bertz CT molecular complexity index is 1090. The van der Waals surface area contributed by atoms with E-state index in [0.29, 0.717) is 28.5 Å². The van der Waals surface area contributed by atoms with E-state index in [4.69, 9.17) is 9.15 Å². The minimum Gasteiger partial charge on any atom is -0.493 e. The van der Waals surface area contributed by atoms with Crippen LogP contribution in [0.3, 0.4) is 0 Å². The van der Waals surface area contributed by atoms with Crippen LogP contribution in [0.25, 0.3) is 11.0 Å². The lowest BCUT2D eigenvalue weighted by Gasteiger charge is -2.09. The lowest BCUT2D eigenvalue weighted by Crippen LogP contribution is -2.14. The van der Waals surface area contributed by atoms with Crippen molar-refractivity contribution in [3.05, 3.63) is 58.6 Å². The topological polar surface area (TPSA) is 76.1 Å². The third kappa shape index (κ3) is 3.31. The van der Waals surface area contributed by atoms with Crippen molar-refractivity contribution in [3.63, 3.8) is 0 Å². The lowest BCUT2D eigenvalue weighted by atomic mass is 9.96. The third-order valence-corrected chi connectivity index (χ3v) is 4.39. The average Bonchev–Trinajstić information content (AvgIpc) is 2.98. The Morgan fingerprint density at radius 1 is 1.29 bits per heavy atom. The van der Waals surface area contributed by atoms with E-state index >= 15 is 0 Å². The maximum absolute atomic E-state index is 12.9.